The molecule has 0 radical (unpaired) electrons. The Bertz CT molecular complexity index is 2090. The molecule has 4 amide bonds. The maximum atomic E-state index is 15.3. The summed E-state index contributed by atoms with van der Waals surface area (Å²) in [6, 6.07) is 10.7. The monoisotopic (exact) mass is 759 g/mol. The fourth-order valence-electron chi connectivity index (χ4n) is 7.80. The van der Waals surface area contributed by atoms with Crippen LogP contribution in [-0.4, -0.2) is 86.6 Å². The first-order valence-electron chi connectivity index (χ1n) is 18.8. The van der Waals surface area contributed by atoms with Crippen LogP contribution < -0.4 is 15.4 Å². The van der Waals surface area contributed by atoms with E-state index in [4.69, 9.17) is 9.72 Å². The number of anilines is 1. The first-order chi connectivity index (χ1) is 26.4. The Hall–Kier alpha value is -5.31. The third-order valence-electron chi connectivity index (χ3n) is 10.7. The standard InChI is InChI=1S/C40H44F3N7O5/c1-23(2)55-33-19-35-45-32(21-50(35)20-29(33)40(54)46-34-5-3-4-31(44-34)38(42)43)25-12-16-49(17-13-25)37(52)22-48-14-10-24(11-15-48)27-7-6-26(18-30(27)41)28-8-9-36(51)47-39(28)53/h3-7,18-21,23-25,28,38H,8-17,22H2,1-2H3,(H,44,46,54)(H,47,51,53). The number of ether oxygens (including phenoxy) is 1. The summed E-state index contributed by atoms with van der Waals surface area (Å²) in [7, 11) is 0. The van der Waals surface area contributed by atoms with E-state index in [0.717, 1.165) is 18.5 Å². The molecule has 12 nitrogen and oxygen atoms in total. The second-order valence-electron chi connectivity index (χ2n) is 14.8. The zero-order valence-corrected chi connectivity index (χ0v) is 30.8. The Morgan fingerprint density at radius 3 is 2.38 bits per heavy atom. The van der Waals surface area contributed by atoms with Crippen LogP contribution in [0.25, 0.3) is 5.65 Å². The Morgan fingerprint density at radius 2 is 1.69 bits per heavy atom. The molecule has 6 heterocycles. The molecule has 290 valence electrons. The van der Waals surface area contributed by atoms with Crippen molar-refractivity contribution >= 4 is 35.1 Å². The van der Waals surface area contributed by atoms with E-state index in [1.165, 1.54) is 24.3 Å². The van der Waals surface area contributed by atoms with Crippen LogP contribution in [0.5, 0.6) is 5.75 Å². The van der Waals surface area contributed by atoms with Gasteiger partial charge in [0.1, 0.15) is 28.7 Å². The molecule has 3 saturated heterocycles. The van der Waals surface area contributed by atoms with E-state index in [1.807, 2.05) is 24.9 Å². The van der Waals surface area contributed by atoms with Crippen LogP contribution in [0, 0.1) is 5.82 Å². The molecule has 0 bridgehead atoms. The van der Waals surface area contributed by atoms with Crippen LogP contribution >= 0.6 is 0 Å². The summed E-state index contributed by atoms with van der Waals surface area (Å²) >= 11 is 0. The van der Waals surface area contributed by atoms with Gasteiger partial charge in [0.05, 0.1) is 29.8 Å². The van der Waals surface area contributed by atoms with E-state index < -0.39 is 23.9 Å². The number of amides is 4. The van der Waals surface area contributed by atoms with Gasteiger partial charge in [-0.1, -0.05) is 18.2 Å². The Labute approximate surface area is 316 Å². The molecule has 3 aromatic heterocycles. The smallest absolute Gasteiger partial charge is 0.280 e. The van der Waals surface area contributed by atoms with Gasteiger partial charge in [-0.15, -0.1) is 0 Å². The van der Waals surface area contributed by atoms with Crippen molar-refractivity contribution in [2.75, 3.05) is 38.0 Å². The van der Waals surface area contributed by atoms with E-state index in [1.54, 1.807) is 28.8 Å². The molecule has 3 fully saturated rings. The van der Waals surface area contributed by atoms with Gasteiger partial charge >= 0.3 is 0 Å². The molecule has 15 heteroatoms. The molecule has 1 unspecified atom stereocenters. The van der Waals surface area contributed by atoms with Crippen molar-refractivity contribution in [2.24, 2.45) is 0 Å². The van der Waals surface area contributed by atoms with E-state index in [2.05, 4.69) is 20.5 Å². The number of hydrogen-bond acceptors (Lipinski definition) is 8. The zero-order valence-electron chi connectivity index (χ0n) is 30.8. The highest BCUT2D eigenvalue weighted by Crippen LogP contribution is 2.34. The number of imide groups is 1. The molecule has 55 heavy (non-hydrogen) atoms. The van der Waals surface area contributed by atoms with E-state index in [9.17, 15) is 28.0 Å². The van der Waals surface area contributed by atoms with Crippen molar-refractivity contribution in [1.29, 1.82) is 0 Å². The summed E-state index contributed by atoms with van der Waals surface area (Å²) in [4.78, 5) is 63.2. The lowest BCUT2D eigenvalue weighted by atomic mass is 9.85. The maximum absolute atomic E-state index is 15.3. The van der Waals surface area contributed by atoms with Gasteiger partial charge in [0.25, 0.3) is 12.3 Å². The molecule has 7 rings (SSSR count). The minimum atomic E-state index is -2.77. The van der Waals surface area contributed by atoms with Crippen LogP contribution in [0.1, 0.15) is 109 Å². The lowest BCUT2D eigenvalue weighted by molar-refractivity contribution is -0.135. The van der Waals surface area contributed by atoms with Crippen LogP contribution in [-0.2, 0) is 14.4 Å². The number of aromatic nitrogens is 3. The predicted octanol–water partition coefficient (Wildman–Crippen LogP) is 5.95. The van der Waals surface area contributed by atoms with Crippen molar-refractivity contribution in [3.05, 3.63) is 88.8 Å². The first-order valence-corrected chi connectivity index (χ1v) is 18.8. The normalized spacial score (nSPS) is 19.0. The first kappa shape index (κ1) is 38.0. The summed E-state index contributed by atoms with van der Waals surface area (Å²) in [6.45, 7) is 6.48. The van der Waals surface area contributed by atoms with E-state index >= 15 is 4.39 Å². The van der Waals surface area contributed by atoms with Crippen LogP contribution in [0.2, 0.25) is 0 Å². The molecule has 3 aliphatic rings. The number of piperidine rings is 3. The fourth-order valence-corrected chi connectivity index (χ4v) is 7.80. The molecule has 0 spiro atoms. The molecule has 2 N–H and O–H groups in total. The summed E-state index contributed by atoms with van der Waals surface area (Å²) in [5.41, 5.74) is 2.39. The number of benzene rings is 1. The van der Waals surface area contributed by atoms with Crippen molar-refractivity contribution in [3.63, 3.8) is 0 Å². The number of hydrogen-bond donors (Lipinski definition) is 2. The van der Waals surface area contributed by atoms with E-state index in [-0.39, 0.29) is 59.3 Å². The maximum Gasteiger partial charge on any atom is 0.280 e. The van der Waals surface area contributed by atoms with Gasteiger partial charge < -0.3 is 19.4 Å². The lowest BCUT2D eigenvalue weighted by Crippen LogP contribution is -2.45. The average Bonchev–Trinajstić information content (AvgIpc) is 3.58. The number of likely N-dealkylation sites (tertiary alicyclic amines) is 2. The van der Waals surface area contributed by atoms with Gasteiger partial charge in [-0.25, -0.2) is 23.1 Å². The number of rotatable bonds is 10. The van der Waals surface area contributed by atoms with Gasteiger partial charge in [0.2, 0.25) is 17.7 Å². The van der Waals surface area contributed by atoms with Gasteiger partial charge in [0.15, 0.2) is 0 Å². The minimum absolute atomic E-state index is 0.00143. The third kappa shape index (κ3) is 8.66. The Morgan fingerprint density at radius 1 is 0.945 bits per heavy atom. The summed E-state index contributed by atoms with van der Waals surface area (Å²) in [5, 5.41) is 4.93. The highest BCUT2D eigenvalue weighted by Gasteiger charge is 2.31. The number of fused-ring (bicyclic) bond motifs is 1. The molecular formula is C40H44F3N7O5. The van der Waals surface area contributed by atoms with Crippen LogP contribution in [0.4, 0.5) is 19.0 Å². The molecule has 1 atom stereocenters. The highest BCUT2D eigenvalue weighted by molar-refractivity contribution is 6.06. The number of nitrogens with zero attached hydrogens (tertiary/aromatic N) is 5. The molecule has 4 aromatic rings. The van der Waals surface area contributed by atoms with Gasteiger partial charge in [-0.05, 0) is 94.3 Å². The quantitative estimate of drug-likeness (QED) is 0.189. The number of halogens is 3. The molecule has 0 aliphatic carbocycles. The summed E-state index contributed by atoms with van der Waals surface area (Å²) in [5.74, 6) is -1.63. The minimum Gasteiger partial charge on any atom is -0.490 e. The zero-order chi connectivity index (χ0) is 38.8. The van der Waals surface area contributed by atoms with Crippen molar-refractivity contribution in [3.8, 4) is 5.75 Å². The Balaban J connectivity index is 0.928. The average molecular weight is 760 g/mol. The highest BCUT2D eigenvalue weighted by atomic mass is 19.3. The lowest BCUT2D eigenvalue weighted by Gasteiger charge is -2.35. The van der Waals surface area contributed by atoms with Gasteiger partial charge in [-0.3, -0.25) is 29.4 Å². The largest absolute Gasteiger partial charge is 0.490 e. The van der Waals surface area contributed by atoms with Crippen LogP contribution in [0.15, 0.2) is 54.9 Å². The fraction of sp³-hybridized carbons (Fsp3) is 0.450. The number of pyridine rings is 2. The van der Waals surface area contributed by atoms with Gasteiger partial charge in [0, 0.05) is 43.9 Å². The molecular weight excluding hydrogens is 715 g/mol. The number of carbonyl (C=O) groups excluding carboxylic acids is 4. The Kier molecular flexibility index (Phi) is 11.2. The summed E-state index contributed by atoms with van der Waals surface area (Å²) in [6.07, 6.45) is 3.96. The second-order valence-corrected chi connectivity index (χ2v) is 14.8. The molecule has 1 aromatic carbocycles. The molecule has 3 aliphatic heterocycles. The number of imidazole rings is 1. The predicted molar refractivity (Wildman–Crippen MR) is 197 cm³/mol. The van der Waals surface area contributed by atoms with Crippen molar-refractivity contribution in [1.82, 2.24) is 29.5 Å². The van der Waals surface area contributed by atoms with Crippen molar-refractivity contribution < 1.29 is 37.1 Å². The number of carbonyl (C=O) groups is 4. The SMILES string of the molecule is CC(C)Oc1cc2nc(C3CCN(C(=O)CN4CCC(c5ccc(C6CCC(=O)NC6=O)cc5F)CC4)CC3)cn2cc1C(=O)Nc1cccc(C(F)F)n1. The summed E-state index contributed by atoms with van der Waals surface area (Å²) < 4.78 is 49.3. The van der Waals surface area contributed by atoms with Crippen LogP contribution in [0.3, 0.4) is 0 Å². The topological polar surface area (TPSA) is 138 Å². The molecule has 0 saturated carbocycles. The van der Waals surface area contributed by atoms with Crippen molar-refractivity contribution in [2.45, 2.75) is 82.7 Å². The van der Waals surface area contributed by atoms with E-state index in [0.29, 0.717) is 74.5 Å². The second kappa shape index (κ2) is 16.2. The third-order valence-corrected chi connectivity index (χ3v) is 10.7. The number of alkyl halides is 2. The number of nitrogens with one attached hydrogen (secondary N) is 2. The van der Waals surface area contributed by atoms with Gasteiger partial charge in [-0.2, -0.15) is 0 Å².